The minimum atomic E-state index is -4.40. The summed E-state index contributed by atoms with van der Waals surface area (Å²) in [5.41, 5.74) is 0. The molecule has 0 spiro atoms. The average Bonchev–Trinajstić information content (AvgIpc) is 3.38. The fraction of sp³-hybridized carbons (Fsp3) is 0.697. The Morgan fingerprint density at radius 2 is 0.711 bits per heavy atom. The summed E-state index contributed by atoms with van der Waals surface area (Å²) in [5.74, 6) is -0.819. The standard InChI is InChI=1S/C66H114NO8P/c1-6-8-10-12-14-16-18-20-22-24-26-28-29-30-31-32-33-34-35-36-37-39-40-42-44-46-48-50-52-54-56-58-65(68)72-62-64(63-74-76(70,71)73-61-60-67(3,4)5)75-66(69)59-57-55-53-51-49-47-45-43-41-38-27-25-23-21-19-17-15-13-11-9-7-2/h8-11,14-17,20-23,26-28,38,43,45,64H,6-7,12-13,18-19,24-25,29-37,39-42,44,46-63H2,1-5H3/p+1/b10-8-,11-9-,16-14-,17-15-,22-20-,23-21-,28-26-,38-27-,45-43-. The molecule has 0 aromatic rings. The highest BCUT2D eigenvalue weighted by molar-refractivity contribution is 7.47. The SMILES string of the molecule is CC/C=C\C/C=C\C/C=C\C/C=C\C/C=C\CCCCCCCC(=O)OC(COC(=O)CCCCCCCCCCCCCCCCCCCC/C=C\C/C=C\C/C=C\C/C=C\CC)COP(=O)(O)OCC[N+](C)(C)C. The number of phosphoric acid groups is 1. The molecule has 10 heteroatoms. The van der Waals surface area contributed by atoms with Gasteiger partial charge in [0.25, 0.3) is 0 Å². The first-order chi connectivity index (χ1) is 37.0. The lowest BCUT2D eigenvalue weighted by atomic mass is 10.0. The monoisotopic (exact) mass is 1080 g/mol. The lowest BCUT2D eigenvalue weighted by Crippen LogP contribution is -2.37. The molecule has 0 aliphatic rings. The van der Waals surface area contributed by atoms with Gasteiger partial charge < -0.3 is 18.9 Å². The fourth-order valence-electron chi connectivity index (χ4n) is 8.15. The lowest BCUT2D eigenvalue weighted by molar-refractivity contribution is -0.870. The van der Waals surface area contributed by atoms with Crippen LogP contribution in [0.4, 0.5) is 0 Å². The van der Waals surface area contributed by atoms with E-state index in [1.165, 1.54) is 103 Å². The van der Waals surface area contributed by atoms with E-state index in [4.69, 9.17) is 18.5 Å². The van der Waals surface area contributed by atoms with Gasteiger partial charge in [-0.1, -0.05) is 245 Å². The maximum absolute atomic E-state index is 12.8. The third-order valence-electron chi connectivity index (χ3n) is 12.8. The summed E-state index contributed by atoms with van der Waals surface area (Å²) in [4.78, 5) is 35.7. The second-order valence-electron chi connectivity index (χ2n) is 21.3. The highest BCUT2D eigenvalue weighted by Crippen LogP contribution is 2.43. The molecule has 0 aliphatic heterocycles. The summed E-state index contributed by atoms with van der Waals surface area (Å²) in [6.45, 7) is 4.19. The fourth-order valence-corrected chi connectivity index (χ4v) is 8.89. The number of carbonyl (C=O) groups excluding carboxylic acids is 2. The van der Waals surface area contributed by atoms with Crippen LogP contribution in [-0.4, -0.2) is 74.9 Å². The van der Waals surface area contributed by atoms with Crippen LogP contribution in [0.1, 0.15) is 245 Å². The summed E-state index contributed by atoms with van der Waals surface area (Å²) in [6, 6.07) is 0. The van der Waals surface area contributed by atoms with E-state index < -0.39 is 26.5 Å². The topological polar surface area (TPSA) is 108 Å². The molecule has 0 rings (SSSR count). The van der Waals surface area contributed by atoms with Gasteiger partial charge in [0.2, 0.25) is 0 Å². The molecule has 0 aliphatic carbocycles. The maximum atomic E-state index is 12.8. The van der Waals surface area contributed by atoms with Crippen molar-refractivity contribution in [3.05, 3.63) is 109 Å². The Morgan fingerprint density at radius 3 is 1.05 bits per heavy atom. The number of nitrogens with zero attached hydrogens (tertiary/aromatic N) is 1. The molecule has 0 bridgehead atoms. The van der Waals surface area contributed by atoms with Gasteiger partial charge in [-0.15, -0.1) is 0 Å². The number of ether oxygens (including phenoxy) is 2. The van der Waals surface area contributed by atoms with E-state index in [2.05, 4.69) is 123 Å². The van der Waals surface area contributed by atoms with Crippen molar-refractivity contribution in [2.75, 3.05) is 47.5 Å². The van der Waals surface area contributed by atoms with Crippen LogP contribution >= 0.6 is 7.82 Å². The van der Waals surface area contributed by atoms with Crippen molar-refractivity contribution < 1.29 is 42.1 Å². The van der Waals surface area contributed by atoms with Crippen LogP contribution in [0.5, 0.6) is 0 Å². The van der Waals surface area contributed by atoms with Gasteiger partial charge in [0.1, 0.15) is 19.8 Å². The molecule has 0 saturated carbocycles. The van der Waals surface area contributed by atoms with Crippen molar-refractivity contribution in [2.45, 2.75) is 251 Å². The summed E-state index contributed by atoms with van der Waals surface area (Å²) < 4.78 is 34.6. The summed E-state index contributed by atoms with van der Waals surface area (Å²) in [6.07, 6.45) is 78.8. The van der Waals surface area contributed by atoms with Gasteiger partial charge >= 0.3 is 19.8 Å². The third-order valence-corrected chi connectivity index (χ3v) is 13.8. The molecule has 436 valence electrons. The Bertz CT molecular complexity index is 1650. The van der Waals surface area contributed by atoms with E-state index in [-0.39, 0.29) is 32.0 Å². The van der Waals surface area contributed by atoms with E-state index in [9.17, 15) is 19.0 Å². The molecule has 0 aromatic carbocycles. The normalized spacial score (nSPS) is 14.0. The first-order valence-electron chi connectivity index (χ1n) is 30.6. The van der Waals surface area contributed by atoms with Crippen molar-refractivity contribution in [3.63, 3.8) is 0 Å². The molecule has 0 amide bonds. The van der Waals surface area contributed by atoms with E-state index in [1.807, 2.05) is 21.1 Å². The number of rotatable bonds is 55. The zero-order chi connectivity index (χ0) is 55.6. The van der Waals surface area contributed by atoms with Crippen molar-refractivity contribution in [3.8, 4) is 0 Å². The first kappa shape index (κ1) is 72.7. The highest BCUT2D eigenvalue weighted by Gasteiger charge is 2.27. The van der Waals surface area contributed by atoms with Crippen LogP contribution in [0.3, 0.4) is 0 Å². The van der Waals surface area contributed by atoms with E-state index >= 15 is 0 Å². The van der Waals surface area contributed by atoms with Gasteiger partial charge in [0, 0.05) is 12.8 Å². The van der Waals surface area contributed by atoms with Gasteiger partial charge in [-0.05, 0) is 96.3 Å². The number of hydrogen-bond donors (Lipinski definition) is 1. The molecular weight excluding hydrogens is 966 g/mol. The van der Waals surface area contributed by atoms with Crippen LogP contribution in [0.25, 0.3) is 0 Å². The zero-order valence-electron chi connectivity index (χ0n) is 49.5. The quantitative estimate of drug-likeness (QED) is 0.0211. The molecule has 0 radical (unpaired) electrons. The number of likely N-dealkylation sites (N-methyl/N-ethyl adjacent to an activating group) is 1. The summed E-state index contributed by atoms with van der Waals surface area (Å²) in [7, 11) is 1.45. The van der Waals surface area contributed by atoms with Crippen molar-refractivity contribution >= 4 is 19.8 Å². The van der Waals surface area contributed by atoms with Crippen LogP contribution in [-0.2, 0) is 32.7 Å². The second kappa shape index (κ2) is 56.4. The molecular formula is C66H115NO8P+. The van der Waals surface area contributed by atoms with E-state index in [0.29, 0.717) is 17.4 Å². The Labute approximate surface area is 467 Å². The third kappa shape index (κ3) is 59.9. The van der Waals surface area contributed by atoms with Crippen molar-refractivity contribution in [2.24, 2.45) is 0 Å². The predicted octanol–water partition coefficient (Wildman–Crippen LogP) is 19.4. The van der Waals surface area contributed by atoms with E-state index in [0.717, 1.165) is 109 Å². The Balaban J connectivity index is 4.12. The number of phosphoric ester groups is 1. The largest absolute Gasteiger partial charge is 0.472 e. The van der Waals surface area contributed by atoms with Gasteiger partial charge in [-0.3, -0.25) is 18.6 Å². The molecule has 0 heterocycles. The van der Waals surface area contributed by atoms with E-state index in [1.54, 1.807) is 0 Å². The van der Waals surface area contributed by atoms with Crippen LogP contribution < -0.4 is 0 Å². The minimum Gasteiger partial charge on any atom is -0.462 e. The smallest absolute Gasteiger partial charge is 0.462 e. The molecule has 0 saturated heterocycles. The molecule has 9 nitrogen and oxygen atoms in total. The lowest BCUT2D eigenvalue weighted by Gasteiger charge is -2.24. The van der Waals surface area contributed by atoms with Crippen LogP contribution in [0.2, 0.25) is 0 Å². The number of carbonyl (C=O) groups is 2. The Hall–Kier alpha value is -3.33. The van der Waals surface area contributed by atoms with Gasteiger partial charge in [-0.25, -0.2) is 4.57 Å². The summed E-state index contributed by atoms with van der Waals surface area (Å²) >= 11 is 0. The molecule has 1 N–H and O–H groups in total. The molecule has 0 fully saturated rings. The number of esters is 2. The number of quaternary nitrogens is 1. The van der Waals surface area contributed by atoms with Crippen molar-refractivity contribution in [1.29, 1.82) is 0 Å². The van der Waals surface area contributed by atoms with Crippen molar-refractivity contribution in [1.82, 2.24) is 0 Å². The minimum absolute atomic E-state index is 0.0232. The molecule has 76 heavy (non-hydrogen) atoms. The van der Waals surface area contributed by atoms with Crippen LogP contribution in [0.15, 0.2) is 109 Å². The highest BCUT2D eigenvalue weighted by atomic mass is 31.2. The predicted molar refractivity (Wildman–Crippen MR) is 325 cm³/mol. The molecule has 0 aromatic heterocycles. The average molecular weight is 1080 g/mol. The molecule has 2 unspecified atom stereocenters. The van der Waals surface area contributed by atoms with Gasteiger partial charge in [0.05, 0.1) is 27.7 Å². The van der Waals surface area contributed by atoms with Crippen LogP contribution in [0, 0.1) is 0 Å². The Kier molecular flexibility index (Phi) is 53.9. The number of unbranched alkanes of at least 4 members (excludes halogenated alkanes) is 23. The summed E-state index contributed by atoms with van der Waals surface area (Å²) in [5, 5.41) is 0. The number of hydrogen-bond acceptors (Lipinski definition) is 7. The van der Waals surface area contributed by atoms with Gasteiger partial charge in [-0.2, -0.15) is 0 Å². The Morgan fingerprint density at radius 1 is 0.408 bits per heavy atom. The number of allylic oxidation sites excluding steroid dienone is 18. The second-order valence-corrected chi connectivity index (χ2v) is 22.8. The first-order valence-corrected chi connectivity index (χ1v) is 32.1. The maximum Gasteiger partial charge on any atom is 0.472 e. The van der Waals surface area contributed by atoms with Gasteiger partial charge in [0.15, 0.2) is 6.10 Å². The zero-order valence-corrected chi connectivity index (χ0v) is 50.3. The molecule has 2 atom stereocenters.